The summed E-state index contributed by atoms with van der Waals surface area (Å²) >= 11 is 0. The number of amides is 1. The van der Waals surface area contributed by atoms with Crippen molar-refractivity contribution in [3.8, 4) is 0 Å². The van der Waals surface area contributed by atoms with Gasteiger partial charge in [-0.1, -0.05) is 68.5 Å². The molecule has 4 aliphatic rings. The number of nitrogens with one attached hydrogen (secondary N) is 1. The molecule has 0 aromatic heterocycles. The molecule has 11 atom stereocenters. The summed E-state index contributed by atoms with van der Waals surface area (Å²) in [7, 11) is 0. The monoisotopic (exact) mass is 789 g/mol. The van der Waals surface area contributed by atoms with Crippen LogP contribution in [0.5, 0.6) is 0 Å². The van der Waals surface area contributed by atoms with E-state index in [1.165, 1.54) is 26.0 Å². The largest absolute Gasteiger partial charge is 0.456 e. The molecule has 1 saturated heterocycles. The number of Topliss-reactive ketones (excluding diaryl/α,β-unsaturated/α-hetero) is 1. The molecule has 3 aliphatic carbocycles. The summed E-state index contributed by atoms with van der Waals surface area (Å²) in [6, 6.07) is 14.9. The van der Waals surface area contributed by atoms with Crippen molar-refractivity contribution in [1.29, 1.82) is 0 Å². The van der Waals surface area contributed by atoms with E-state index in [4.69, 9.17) is 18.9 Å². The Morgan fingerprint density at radius 3 is 2.14 bits per heavy atom. The van der Waals surface area contributed by atoms with Crippen LogP contribution in [0.25, 0.3) is 0 Å². The third-order valence-electron chi connectivity index (χ3n) is 13.0. The first-order valence-electron chi connectivity index (χ1n) is 19.0. The van der Waals surface area contributed by atoms with Gasteiger partial charge in [-0.3, -0.25) is 14.4 Å². The fourth-order valence-electron chi connectivity index (χ4n) is 9.51. The average Bonchev–Trinajstić information content (AvgIpc) is 3.18. The van der Waals surface area contributed by atoms with Gasteiger partial charge in [0.25, 0.3) is 0 Å². The van der Waals surface area contributed by atoms with Gasteiger partial charge in [-0.15, -0.1) is 0 Å². The van der Waals surface area contributed by atoms with Gasteiger partial charge in [-0.25, -0.2) is 9.59 Å². The predicted molar refractivity (Wildman–Crippen MR) is 202 cm³/mol. The maximum atomic E-state index is 14.9. The van der Waals surface area contributed by atoms with Crippen molar-refractivity contribution in [2.24, 2.45) is 16.7 Å². The summed E-state index contributed by atoms with van der Waals surface area (Å²) in [5.41, 5.74) is -6.75. The molecule has 5 N–H and O–H groups in total. The zero-order valence-corrected chi connectivity index (χ0v) is 33.1. The number of allylic oxidation sites excluding steroid dienone is 1. The van der Waals surface area contributed by atoms with Crippen LogP contribution >= 0.6 is 0 Å². The molecule has 0 radical (unpaired) electrons. The Hall–Kier alpha value is -4.73. The van der Waals surface area contributed by atoms with E-state index in [-0.39, 0.29) is 29.7 Å². The molecule has 3 fully saturated rings. The van der Waals surface area contributed by atoms with Gasteiger partial charge in [0, 0.05) is 30.8 Å². The second kappa shape index (κ2) is 15.2. The van der Waals surface area contributed by atoms with E-state index in [0.717, 1.165) is 6.92 Å². The molecule has 1 aliphatic heterocycles. The van der Waals surface area contributed by atoms with Crippen molar-refractivity contribution in [3.05, 3.63) is 94.6 Å². The van der Waals surface area contributed by atoms with E-state index in [0.29, 0.717) is 11.1 Å². The summed E-state index contributed by atoms with van der Waals surface area (Å²) in [4.78, 5) is 68.9. The Bertz CT molecular complexity index is 1990. The summed E-state index contributed by atoms with van der Waals surface area (Å²) in [5, 5.41) is 51.7. The van der Waals surface area contributed by atoms with Gasteiger partial charge < -0.3 is 44.7 Å². The highest BCUT2D eigenvalue weighted by Crippen LogP contribution is 2.64. The van der Waals surface area contributed by atoms with Gasteiger partial charge in [0.05, 0.1) is 35.6 Å². The molecule has 57 heavy (non-hydrogen) atoms. The minimum absolute atomic E-state index is 0.0497. The van der Waals surface area contributed by atoms with Gasteiger partial charge in [0.15, 0.2) is 17.5 Å². The number of carbonyl (C=O) groups is 5. The highest BCUT2D eigenvalue weighted by molar-refractivity contribution is 5.95. The van der Waals surface area contributed by atoms with Crippen LogP contribution in [-0.4, -0.2) is 104 Å². The number of ether oxygens (including phenoxy) is 4. The lowest BCUT2D eigenvalue weighted by Gasteiger charge is -2.67. The Morgan fingerprint density at radius 2 is 1.58 bits per heavy atom. The fraction of sp³-hybridized carbons (Fsp3) is 0.512. The van der Waals surface area contributed by atoms with Crippen molar-refractivity contribution >= 4 is 29.6 Å². The topological polar surface area (TPSA) is 215 Å². The number of carbonyl (C=O) groups excluding carboxylic acids is 5. The molecule has 306 valence electrons. The van der Waals surface area contributed by atoms with E-state index in [2.05, 4.69) is 5.32 Å². The third-order valence-corrected chi connectivity index (χ3v) is 13.0. The van der Waals surface area contributed by atoms with Crippen molar-refractivity contribution in [2.45, 2.75) is 115 Å². The lowest BCUT2D eigenvalue weighted by molar-refractivity contribution is -0.346. The number of ketones is 1. The summed E-state index contributed by atoms with van der Waals surface area (Å²) < 4.78 is 24.1. The molecule has 0 spiro atoms. The van der Waals surface area contributed by atoms with Crippen LogP contribution in [-0.2, 0) is 38.1 Å². The molecule has 2 bridgehead atoms. The second-order valence-electron chi connectivity index (χ2n) is 16.4. The van der Waals surface area contributed by atoms with Gasteiger partial charge in [0.2, 0.25) is 5.91 Å². The Balaban J connectivity index is 1.50. The van der Waals surface area contributed by atoms with Crippen molar-refractivity contribution in [2.75, 3.05) is 6.61 Å². The van der Waals surface area contributed by atoms with Crippen LogP contribution in [0.4, 0.5) is 0 Å². The van der Waals surface area contributed by atoms with Crippen LogP contribution in [0.1, 0.15) is 83.3 Å². The maximum absolute atomic E-state index is 14.9. The molecular weight excluding hydrogens is 738 g/mol. The Morgan fingerprint density at radius 1 is 0.965 bits per heavy atom. The van der Waals surface area contributed by atoms with Crippen molar-refractivity contribution in [1.82, 2.24) is 5.32 Å². The first-order valence-corrected chi connectivity index (χ1v) is 19.0. The minimum atomic E-state index is -2.34. The van der Waals surface area contributed by atoms with E-state index < -0.39 is 107 Å². The zero-order valence-electron chi connectivity index (χ0n) is 33.1. The number of hydrogen-bond donors (Lipinski definition) is 5. The first kappa shape index (κ1) is 41.9. The molecule has 2 saturated carbocycles. The molecular formula is C43H51NO13. The van der Waals surface area contributed by atoms with E-state index >= 15 is 0 Å². The zero-order chi connectivity index (χ0) is 41.8. The van der Waals surface area contributed by atoms with Gasteiger partial charge >= 0.3 is 17.9 Å². The predicted octanol–water partition coefficient (Wildman–Crippen LogP) is 2.82. The molecule has 14 heteroatoms. The standard InChI is InChI=1S/C43H51NO13/c1-8-22(2)37(50)44-31(25-15-11-9-12-16-25)33(48)39(52)55-27-20-43(53)36(56-38(51)26-17-13-10-14-18-26)34-41(7,35(49)32(47)30(23(27)3)40(43,5)6)28(46)19-29-42(34,21-54-29)57-24(4)45/h8-18,27-29,31-34,36,46-48,53H,19-21H2,1-7H3,(H,44,50)/b22-8+. The van der Waals surface area contributed by atoms with Crippen molar-refractivity contribution in [3.63, 3.8) is 0 Å². The lowest BCUT2D eigenvalue weighted by Crippen LogP contribution is -2.81. The summed E-state index contributed by atoms with van der Waals surface area (Å²) in [5.74, 6) is -5.84. The quantitative estimate of drug-likeness (QED) is 0.107. The number of benzene rings is 2. The first-order chi connectivity index (χ1) is 26.8. The summed E-state index contributed by atoms with van der Waals surface area (Å²) in [6.07, 6.45) is -8.83. The molecule has 1 amide bonds. The van der Waals surface area contributed by atoms with Crippen LogP contribution in [0, 0.1) is 16.7 Å². The SMILES string of the molecule is C/C=C(\C)C(=O)NC(c1ccccc1)C(O)C(=O)OC1CC2(O)C(OC(=O)c3ccccc3)C3C4(OC(C)=O)COC4CC(O)C3(C)C(=O)C(O)C(=C1C)C2(C)C. The third kappa shape index (κ3) is 6.70. The van der Waals surface area contributed by atoms with Gasteiger partial charge in [-0.2, -0.15) is 0 Å². The van der Waals surface area contributed by atoms with Crippen LogP contribution < -0.4 is 5.32 Å². The Kier molecular flexibility index (Phi) is 11.2. The number of aliphatic hydroxyl groups is 4. The normalized spacial score (nSPS) is 34.2. The molecule has 2 aromatic rings. The molecule has 1 heterocycles. The summed E-state index contributed by atoms with van der Waals surface area (Å²) in [6.45, 7) is 10.1. The van der Waals surface area contributed by atoms with Gasteiger partial charge in [-0.05, 0) is 56.5 Å². The highest BCUT2D eigenvalue weighted by atomic mass is 16.6. The second-order valence-corrected chi connectivity index (χ2v) is 16.4. The van der Waals surface area contributed by atoms with Crippen molar-refractivity contribution < 1.29 is 63.3 Å². The maximum Gasteiger partial charge on any atom is 0.338 e. The van der Waals surface area contributed by atoms with Crippen LogP contribution in [0.2, 0.25) is 0 Å². The minimum Gasteiger partial charge on any atom is -0.456 e. The fourth-order valence-corrected chi connectivity index (χ4v) is 9.51. The van der Waals surface area contributed by atoms with Crippen LogP contribution in [0.3, 0.4) is 0 Å². The number of rotatable bonds is 9. The Labute approximate surface area is 330 Å². The molecule has 11 unspecified atom stereocenters. The lowest BCUT2D eigenvalue weighted by atomic mass is 9.44. The number of aliphatic hydroxyl groups excluding tert-OH is 3. The van der Waals surface area contributed by atoms with E-state index in [1.54, 1.807) is 82.3 Å². The van der Waals surface area contributed by atoms with E-state index in [1.807, 2.05) is 0 Å². The number of hydrogen-bond acceptors (Lipinski definition) is 13. The van der Waals surface area contributed by atoms with Gasteiger partial charge in [0.1, 0.15) is 30.0 Å². The molecule has 2 aromatic carbocycles. The average molecular weight is 790 g/mol. The molecule has 6 rings (SSSR count). The number of fused-ring (bicyclic) bond motifs is 5. The number of esters is 3. The van der Waals surface area contributed by atoms with Crippen LogP contribution in [0.15, 0.2) is 83.5 Å². The molecule has 14 nitrogen and oxygen atoms in total. The van der Waals surface area contributed by atoms with E-state index in [9.17, 15) is 44.4 Å². The highest BCUT2D eigenvalue weighted by Gasteiger charge is 2.78. The smallest absolute Gasteiger partial charge is 0.338 e.